The quantitative estimate of drug-likeness (QED) is 0.621. The zero-order valence-corrected chi connectivity index (χ0v) is 13.4. The van der Waals surface area contributed by atoms with Gasteiger partial charge in [-0.1, -0.05) is 11.6 Å². The van der Waals surface area contributed by atoms with Crippen LogP contribution in [0, 0.1) is 12.7 Å². The molecule has 0 aliphatic carbocycles. The van der Waals surface area contributed by atoms with Crippen molar-refractivity contribution in [1.82, 2.24) is 9.13 Å². The molecule has 4 nitrogen and oxygen atoms in total. The summed E-state index contributed by atoms with van der Waals surface area (Å²) < 4.78 is 53.6. The maximum absolute atomic E-state index is 14.0. The monoisotopic (exact) mass is 368 g/mol. The molecule has 0 unspecified atom stereocenters. The highest BCUT2D eigenvalue weighted by Crippen LogP contribution is 2.30. The van der Waals surface area contributed by atoms with Crippen LogP contribution in [0.3, 0.4) is 0 Å². The summed E-state index contributed by atoms with van der Waals surface area (Å²) in [6.45, 7) is 0.913. The lowest BCUT2D eigenvalue weighted by molar-refractivity contribution is -0.144. The van der Waals surface area contributed by atoms with Gasteiger partial charge in [0.05, 0.1) is 10.7 Å². The van der Waals surface area contributed by atoms with Crippen LogP contribution in [-0.4, -0.2) is 9.13 Å². The molecule has 2 aromatic rings. The molecule has 0 bridgehead atoms. The van der Waals surface area contributed by atoms with Gasteiger partial charge in [-0.2, -0.15) is 13.2 Å². The second-order valence-electron chi connectivity index (χ2n) is 4.71. The molecule has 0 amide bonds. The van der Waals surface area contributed by atoms with E-state index in [0.717, 1.165) is 26.1 Å². The molecule has 2 rings (SSSR count). The molecule has 0 N–H and O–H groups in total. The van der Waals surface area contributed by atoms with Gasteiger partial charge in [0.1, 0.15) is 11.5 Å². The van der Waals surface area contributed by atoms with Crippen LogP contribution in [0.15, 0.2) is 26.6 Å². The van der Waals surface area contributed by atoms with Gasteiger partial charge in [-0.05, 0) is 19.1 Å². The van der Waals surface area contributed by atoms with Crippen molar-refractivity contribution in [2.24, 2.45) is 7.05 Å². The first-order chi connectivity index (χ1) is 10.5. The van der Waals surface area contributed by atoms with Crippen molar-refractivity contribution < 1.29 is 17.6 Å². The van der Waals surface area contributed by atoms with E-state index >= 15 is 0 Å². The molecule has 23 heavy (non-hydrogen) atoms. The maximum atomic E-state index is 14.0. The largest absolute Gasteiger partial charge is 0.432 e. The first kappa shape index (κ1) is 17.6. The Labute approximate surface area is 137 Å². The molecule has 0 saturated heterocycles. The van der Waals surface area contributed by atoms with Crippen LogP contribution in [0.2, 0.25) is 5.02 Å². The lowest BCUT2D eigenvalue weighted by atomic mass is 10.2. The van der Waals surface area contributed by atoms with Crippen molar-refractivity contribution in [2.75, 3.05) is 0 Å². The fourth-order valence-corrected chi connectivity index (χ4v) is 2.50. The zero-order chi connectivity index (χ0) is 17.7. The highest BCUT2D eigenvalue weighted by Gasteiger charge is 2.37. The predicted octanol–water partition coefficient (Wildman–Crippen LogP) is 2.94. The molecule has 0 atom stereocenters. The van der Waals surface area contributed by atoms with E-state index in [9.17, 15) is 27.2 Å². The van der Waals surface area contributed by atoms with Crippen LogP contribution < -0.4 is 11.2 Å². The molecule has 0 radical (unpaired) electrons. The van der Waals surface area contributed by atoms with Crippen LogP contribution in [0.5, 0.6) is 0 Å². The average molecular weight is 369 g/mol. The highest BCUT2D eigenvalue weighted by molar-refractivity contribution is 7.80. The number of aromatic nitrogens is 2. The summed E-state index contributed by atoms with van der Waals surface area (Å²) in [5, 5.41) is -0.0666. The van der Waals surface area contributed by atoms with Gasteiger partial charge < -0.3 is 0 Å². The fourth-order valence-electron chi connectivity index (χ4n) is 2.17. The number of benzene rings is 1. The Morgan fingerprint density at radius 1 is 1.22 bits per heavy atom. The van der Waals surface area contributed by atoms with E-state index in [1.165, 1.54) is 0 Å². The van der Waals surface area contributed by atoms with Crippen molar-refractivity contribution >= 4 is 24.2 Å². The van der Waals surface area contributed by atoms with Gasteiger partial charge in [-0.15, -0.1) is 12.6 Å². The van der Waals surface area contributed by atoms with Crippen molar-refractivity contribution in [3.05, 3.63) is 55.1 Å². The second-order valence-corrected chi connectivity index (χ2v) is 5.60. The molecule has 0 aliphatic heterocycles. The lowest BCUT2D eigenvalue weighted by Crippen LogP contribution is -2.43. The van der Waals surface area contributed by atoms with Crippen molar-refractivity contribution in [1.29, 1.82) is 0 Å². The summed E-state index contributed by atoms with van der Waals surface area (Å²) in [4.78, 5) is 24.4. The second kappa shape index (κ2) is 5.72. The van der Waals surface area contributed by atoms with Crippen LogP contribution in [0.4, 0.5) is 17.6 Å². The number of rotatable bonds is 1. The molecule has 124 valence electrons. The number of halogens is 5. The van der Waals surface area contributed by atoms with E-state index < -0.39 is 40.2 Å². The number of hydrogen-bond acceptors (Lipinski definition) is 3. The minimum Gasteiger partial charge on any atom is -0.292 e. The van der Waals surface area contributed by atoms with E-state index in [1.807, 2.05) is 0 Å². The Kier molecular flexibility index (Phi) is 4.38. The van der Waals surface area contributed by atoms with E-state index in [0.29, 0.717) is 4.57 Å². The smallest absolute Gasteiger partial charge is 0.292 e. The van der Waals surface area contributed by atoms with Crippen LogP contribution in [0.25, 0.3) is 5.69 Å². The molecular formula is C13H9ClF4N2O2S. The van der Waals surface area contributed by atoms with Crippen LogP contribution >= 0.6 is 24.2 Å². The van der Waals surface area contributed by atoms with Gasteiger partial charge in [-0.25, -0.2) is 13.8 Å². The normalized spacial score (nSPS) is 11.8. The van der Waals surface area contributed by atoms with E-state index in [4.69, 9.17) is 11.6 Å². The van der Waals surface area contributed by atoms with Gasteiger partial charge in [0.2, 0.25) is 0 Å². The summed E-state index contributed by atoms with van der Waals surface area (Å²) in [6.07, 6.45) is -4.90. The van der Waals surface area contributed by atoms with Gasteiger partial charge in [0.25, 0.3) is 5.56 Å². The third-order valence-corrected chi connectivity index (χ3v) is 4.03. The Bertz CT molecular complexity index is 881. The highest BCUT2D eigenvalue weighted by atomic mass is 35.5. The Morgan fingerprint density at radius 2 is 1.78 bits per heavy atom. The van der Waals surface area contributed by atoms with Crippen LogP contribution in [-0.2, 0) is 13.2 Å². The summed E-state index contributed by atoms with van der Waals surface area (Å²) in [7, 11) is 0.851. The SMILES string of the molecule is Cc1c(C(F)(F)F)n(C)c(=O)n(-c2cc(S)c(Cl)cc2F)c1=O. The Hall–Kier alpha value is -1.74. The summed E-state index contributed by atoms with van der Waals surface area (Å²) in [6, 6.07) is 1.81. The van der Waals surface area contributed by atoms with Gasteiger partial charge >= 0.3 is 11.9 Å². The summed E-state index contributed by atoms with van der Waals surface area (Å²) in [5.74, 6) is -1.04. The lowest BCUT2D eigenvalue weighted by Gasteiger charge is -2.17. The molecule has 1 heterocycles. The summed E-state index contributed by atoms with van der Waals surface area (Å²) >= 11 is 9.61. The van der Waals surface area contributed by atoms with Crippen molar-refractivity contribution in [3.63, 3.8) is 0 Å². The van der Waals surface area contributed by atoms with E-state index in [1.54, 1.807) is 0 Å². The molecule has 0 fully saturated rings. The van der Waals surface area contributed by atoms with E-state index in [-0.39, 0.29) is 14.5 Å². The Balaban J connectivity index is 2.95. The zero-order valence-electron chi connectivity index (χ0n) is 11.7. The topological polar surface area (TPSA) is 44.0 Å². The van der Waals surface area contributed by atoms with Crippen molar-refractivity contribution in [3.8, 4) is 5.69 Å². The fraction of sp³-hybridized carbons (Fsp3) is 0.231. The molecule has 1 aromatic heterocycles. The number of hydrogen-bond donors (Lipinski definition) is 1. The number of thiol groups is 1. The molecular weight excluding hydrogens is 360 g/mol. The Morgan fingerprint density at radius 3 is 2.30 bits per heavy atom. The predicted molar refractivity (Wildman–Crippen MR) is 79.2 cm³/mol. The molecule has 1 aromatic carbocycles. The molecule has 10 heteroatoms. The van der Waals surface area contributed by atoms with Gasteiger partial charge in [-0.3, -0.25) is 9.36 Å². The third-order valence-electron chi connectivity index (χ3n) is 3.22. The van der Waals surface area contributed by atoms with E-state index in [2.05, 4.69) is 12.6 Å². The third kappa shape index (κ3) is 2.90. The molecule has 0 spiro atoms. The first-order valence-electron chi connectivity index (χ1n) is 6.05. The standard InChI is InChI=1S/C13H9ClF4N2O2S/c1-5-10(13(16,17)18)19(2)12(22)20(11(5)21)8-4-9(23)6(14)3-7(8)15/h3-4,23H,1-2H3. The van der Waals surface area contributed by atoms with Crippen molar-refractivity contribution in [2.45, 2.75) is 18.0 Å². The molecule has 0 saturated carbocycles. The number of alkyl halides is 3. The minimum absolute atomic E-state index is 0.0644. The van der Waals surface area contributed by atoms with Crippen LogP contribution in [0.1, 0.15) is 11.3 Å². The van der Waals surface area contributed by atoms with Gasteiger partial charge in [0, 0.05) is 17.5 Å². The summed E-state index contributed by atoms with van der Waals surface area (Å²) in [5.41, 5.74) is -5.24. The molecule has 0 aliphatic rings. The first-order valence-corrected chi connectivity index (χ1v) is 6.87. The van der Waals surface area contributed by atoms with Gasteiger partial charge in [0.15, 0.2) is 0 Å². The maximum Gasteiger partial charge on any atom is 0.432 e. The minimum atomic E-state index is -4.90. The average Bonchev–Trinajstić information content (AvgIpc) is 2.41. The number of nitrogens with zero attached hydrogens (tertiary/aromatic N) is 2.